The predicted molar refractivity (Wildman–Crippen MR) is 153 cm³/mol. The molecule has 0 unspecified atom stereocenters. The molecule has 0 aromatic rings. The van der Waals surface area contributed by atoms with Gasteiger partial charge in [-0.25, -0.2) is 0 Å². The van der Waals surface area contributed by atoms with Crippen molar-refractivity contribution in [3.8, 4) is 0 Å². The highest BCUT2D eigenvalue weighted by molar-refractivity contribution is 6.31. The Morgan fingerprint density at radius 3 is 1.64 bits per heavy atom. The first kappa shape index (κ1) is 35.0. The van der Waals surface area contributed by atoms with Gasteiger partial charge in [0.25, 0.3) is 0 Å². The highest BCUT2D eigenvalue weighted by Crippen LogP contribution is 2.26. The molecule has 0 aromatic heterocycles. The van der Waals surface area contributed by atoms with Crippen molar-refractivity contribution in [2.75, 3.05) is 33.0 Å². The average molecular weight is 514 g/mol. The third-order valence-corrected chi connectivity index (χ3v) is 6.00. The second-order valence-electron chi connectivity index (χ2n) is 13.3. The summed E-state index contributed by atoms with van der Waals surface area (Å²) in [4.78, 5) is 4.49. The van der Waals surface area contributed by atoms with Crippen LogP contribution in [-0.4, -0.2) is 67.3 Å². The van der Waals surface area contributed by atoms with Gasteiger partial charge < -0.3 is 24.8 Å². The quantitative estimate of drug-likeness (QED) is 0.115. The summed E-state index contributed by atoms with van der Waals surface area (Å²) in [7, 11) is 0. The van der Waals surface area contributed by atoms with Gasteiger partial charge >= 0.3 is 0 Å². The SMILES string of the molecule is CC(C)CCOC(C)(C)CCC(C)(C)OCC(C)(C)OC/C(C=NCC(C)(C)OCCC(C)C)=N/N. The zero-order valence-corrected chi connectivity index (χ0v) is 25.7. The molecule has 0 atom stereocenters. The van der Waals surface area contributed by atoms with Crippen LogP contribution in [0.5, 0.6) is 0 Å². The van der Waals surface area contributed by atoms with Crippen LogP contribution in [0.3, 0.4) is 0 Å². The first-order chi connectivity index (χ1) is 16.4. The number of nitrogens with two attached hydrogens (primary N) is 1. The molecule has 0 amide bonds. The molecular formula is C29H59N3O4. The topological polar surface area (TPSA) is 87.7 Å². The van der Waals surface area contributed by atoms with E-state index in [9.17, 15) is 0 Å². The van der Waals surface area contributed by atoms with Crippen molar-refractivity contribution in [2.45, 2.75) is 131 Å². The molecule has 0 radical (unpaired) electrons. The Hall–Kier alpha value is -1.02. The molecule has 0 aromatic carbocycles. The van der Waals surface area contributed by atoms with Gasteiger partial charge in [-0.3, -0.25) is 4.99 Å². The fourth-order valence-electron chi connectivity index (χ4n) is 3.09. The summed E-state index contributed by atoms with van der Waals surface area (Å²) in [5.41, 5.74) is -0.698. The molecule has 0 aliphatic rings. The van der Waals surface area contributed by atoms with Gasteiger partial charge in [-0.2, -0.15) is 5.10 Å². The lowest BCUT2D eigenvalue weighted by molar-refractivity contribution is -0.122. The van der Waals surface area contributed by atoms with Crippen molar-refractivity contribution in [3.63, 3.8) is 0 Å². The zero-order chi connectivity index (χ0) is 28.0. The fourth-order valence-corrected chi connectivity index (χ4v) is 3.09. The lowest BCUT2D eigenvalue weighted by Crippen LogP contribution is -2.39. The minimum absolute atomic E-state index is 0.165. The number of aliphatic imine (C=N–C) groups is 1. The smallest absolute Gasteiger partial charge is 0.104 e. The van der Waals surface area contributed by atoms with Crippen LogP contribution < -0.4 is 5.84 Å². The maximum Gasteiger partial charge on any atom is 0.104 e. The minimum Gasteiger partial charge on any atom is -0.376 e. The van der Waals surface area contributed by atoms with E-state index in [2.05, 4.69) is 65.5 Å². The molecule has 0 fully saturated rings. The van der Waals surface area contributed by atoms with Gasteiger partial charge in [0, 0.05) is 19.4 Å². The van der Waals surface area contributed by atoms with Crippen LogP contribution in [0.1, 0.15) is 109 Å². The molecule has 7 heteroatoms. The van der Waals surface area contributed by atoms with E-state index < -0.39 is 5.60 Å². The van der Waals surface area contributed by atoms with Gasteiger partial charge in [-0.1, -0.05) is 27.7 Å². The predicted octanol–water partition coefficient (Wildman–Crippen LogP) is 6.43. The molecule has 0 bridgehead atoms. The Morgan fingerprint density at radius 2 is 1.17 bits per heavy atom. The van der Waals surface area contributed by atoms with Crippen LogP contribution in [0, 0.1) is 11.8 Å². The van der Waals surface area contributed by atoms with Crippen LogP contribution in [0.15, 0.2) is 10.1 Å². The molecule has 0 saturated carbocycles. The van der Waals surface area contributed by atoms with Crippen LogP contribution in [0.25, 0.3) is 0 Å². The first-order valence-corrected chi connectivity index (χ1v) is 13.7. The molecule has 36 heavy (non-hydrogen) atoms. The summed E-state index contributed by atoms with van der Waals surface area (Å²) in [6, 6.07) is 0. The van der Waals surface area contributed by atoms with E-state index in [1.54, 1.807) is 6.21 Å². The Kier molecular flexibility index (Phi) is 15.6. The van der Waals surface area contributed by atoms with Gasteiger partial charge in [0.2, 0.25) is 0 Å². The summed E-state index contributed by atoms with van der Waals surface area (Å²) in [5, 5.41) is 3.84. The van der Waals surface area contributed by atoms with E-state index in [0.717, 1.165) is 38.9 Å². The van der Waals surface area contributed by atoms with E-state index >= 15 is 0 Å². The van der Waals surface area contributed by atoms with Crippen molar-refractivity contribution < 1.29 is 18.9 Å². The highest BCUT2D eigenvalue weighted by atomic mass is 16.6. The Morgan fingerprint density at radius 1 is 0.694 bits per heavy atom. The maximum absolute atomic E-state index is 6.28. The van der Waals surface area contributed by atoms with Gasteiger partial charge in [-0.05, 0) is 92.9 Å². The minimum atomic E-state index is -0.496. The van der Waals surface area contributed by atoms with Crippen molar-refractivity contribution in [3.05, 3.63) is 0 Å². The summed E-state index contributed by atoms with van der Waals surface area (Å²) in [6.45, 7) is 28.3. The Bertz CT molecular complexity index is 653. The largest absolute Gasteiger partial charge is 0.376 e. The zero-order valence-electron chi connectivity index (χ0n) is 25.7. The van der Waals surface area contributed by atoms with Crippen LogP contribution in [0.2, 0.25) is 0 Å². The third-order valence-electron chi connectivity index (χ3n) is 6.00. The molecule has 0 spiro atoms. The summed E-state index contributed by atoms with van der Waals surface area (Å²) in [6.07, 6.45) is 5.62. The van der Waals surface area contributed by atoms with Crippen molar-refractivity contribution in [1.29, 1.82) is 0 Å². The van der Waals surface area contributed by atoms with Gasteiger partial charge in [-0.15, -0.1) is 0 Å². The summed E-state index contributed by atoms with van der Waals surface area (Å²) < 4.78 is 24.4. The molecule has 0 aliphatic heterocycles. The molecule has 7 nitrogen and oxygen atoms in total. The molecule has 0 rings (SSSR count). The molecule has 2 N–H and O–H groups in total. The molecule has 0 aliphatic carbocycles. The van der Waals surface area contributed by atoms with E-state index in [1.165, 1.54) is 0 Å². The highest BCUT2D eigenvalue weighted by Gasteiger charge is 2.29. The lowest BCUT2D eigenvalue weighted by atomic mass is 9.93. The Balaban J connectivity index is 4.55. The van der Waals surface area contributed by atoms with Crippen LogP contribution in [0.4, 0.5) is 0 Å². The van der Waals surface area contributed by atoms with Crippen LogP contribution in [-0.2, 0) is 18.9 Å². The number of ether oxygens (including phenoxy) is 4. The Labute approximate surface area is 223 Å². The second kappa shape index (κ2) is 16.1. The van der Waals surface area contributed by atoms with E-state index in [-0.39, 0.29) is 23.4 Å². The molecular weight excluding hydrogens is 454 g/mol. The molecule has 0 saturated heterocycles. The number of hydrogen-bond acceptors (Lipinski definition) is 7. The number of hydrazone groups is 1. The first-order valence-electron chi connectivity index (χ1n) is 13.7. The lowest BCUT2D eigenvalue weighted by Gasteiger charge is -2.34. The van der Waals surface area contributed by atoms with E-state index in [1.807, 2.05) is 27.7 Å². The maximum atomic E-state index is 6.28. The number of hydrogen-bond donors (Lipinski definition) is 1. The van der Waals surface area contributed by atoms with Crippen LogP contribution >= 0.6 is 0 Å². The van der Waals surface area contributed by atoms with E-state index in [0.29, 0.717) is 30.7 Å². The summed E-state index contributed by atoms with van der Waals surface area (Å²) >= 11 is 0. The van der Waals surface area contributed by atoms with Crippen molar-refractivity contribution in [2.24, 2.45) is 27.8 Å². The fraction of sp³-hybridized carbons (Fsp3) is 0.931. The number of nitrogens with zero attached hydrogens (tertiary/aromatic N) is 2. The van der Waals surface area contributed by atoms with Gasteiger partial charge in [0.05, 0.1) is 42.2 Å². The normalized spacial score (nSPS) is 14.6. The average Bonchev–Trinajstić information content (AvgIpc) is 2.73. The van der Waals surface area contributed by atoms with Gasteiger partial charge in [0.1, 0.15) is 5.71 Å². The van der Waals surface area contributed by atoms with E-state index in [4.69, 9.17) is 24.8 Å². The standard InChI is InChI=1S/C29H59N3O4/c1-23(2)13-17-33-26(5,6)15-16-27(7,8)36-22-29(11,12)35-20-25(32-30)19-31-21-28(9,10)34-18-14-24(3)4/h19,23-24H,13-18,20-22,30H2,1-12H3/b31-19?,32-25+. The second-order valence-corrected chi connectivity index (χ2v) is 13.3. The summed E-state index contributed by atoms with van der Waals surface area (Å²) in [5.74, 6) is 6.86. The monoisotopic (exact) mass is 513 g/mol. The van der Waals surface area contributed by atoms with Gasteiger partial charge in [0.15, 0.2) is 0 Å². The van der Waals surface area contributed by atoms with Crippen molar-refractivity contribution >= 4 is 11.9 Å². The molecule has 0 heterocycles. The molecule has 214 valence electrons. The van der Waals surface area contributed by atoms with Crippen molar-refractivity contribution in [1.82, 2.24) is 0 Å². The number of rotatable bonds is 20. The third kappa shape index (κ3) is 19.1.